The molecule has 0 aromatic heterocycles. The van der Waals surface area contributed by atoms with Crippen LogP contribution in [0.3, 0.4) is 0 Å². The molecule has 4 rings (SSSR count). The summed E-state index contributed by atoms with van der Waals surface area (Å²) in [7, 11) is 0. The first-order valence-corrected chi connectivity index (χ1v) is 8.74. The van der Waals surface area contributed by atoms with Crippen LogP contribution in [0.2, 0.25) is 0 Å². The van der Waals surface area contributed by atoms with Crippen LogP contribution in [0.25, 0.3) is 0 Å². The third-order valence-electron chi connectivity index (χ3n) is 7.02. The van der Waals surface area contributed by atoms with Gasteiger partial charge in [0, 0.05) is 0 Å². The van der Waals surface area contributed by atoms with E-state index in [0.29, 0.717) is 23.3 Å². The van der Waals surface area contributed by atoms with Crippen LogP contribution in [0, 0.1) is 29.3 Å². The summed E-state index contributed by atoms with van der Waals surface area (Å²) in [6.07, 6.45) is 8.04. The Morgan fingerprint density at radius 2 is 2.00 bits per heavy atom. The molecule has 1 aromatic carbocycles. The highest BCUT2D eigenvalue weighted by Crippen LogP contribution is 2.61. The van der Waals surface area contributed by atoms with Crippen molar-refractivity contribution in [1.82, 2.24) is 0 Å². The molecule has 23 heavy (non-hydrogen) atoms. The van der Waals surface area contributed by atoms with E-state index in [1.165, 1.54) is 5.56 Å². The molecule has 0 heterocycles. The molecule has 3 aliphatic rings. The second kappa shape index (κ2) is 5.18. The van der Waals surface area contributed by atoms with Crippen molar-refractivity contribution in [3.05, 3.63) is 28.8 Å². The van der Waals surface area contributed by atoms with E-state index in [1.54, 1.807) is 6.07 Å². The quantitative estimate of drug-likeness (QED) is 0.644. The van der Waals surface area contributed by atoms with Gasteiger partial charge >= 0.3 is 0 Å². The normalized spacial score (nSPS) is 38.0. The van der Waals surface area contributed by atoms with Gasteiger partial charge in [-0.2, -0.15) is 0 Å². The van der Waals surface area contributed by atoms with Gasteiger partial charge in [-0.3, -0.25) is 0 Å². The molecule has 2 fully saturated rings. The van der Waals surface area contributed by atoms with Crippen LogP contribution in [0.4, 0.5) is 0 Å². The summed E-state index contributed by atoms with van der Waals surface area (Å²) in [5.74, 6) is 4.57. The molecule has 0 bridgehead atoms. The Kier molecular flexibility index (Phi) is 3.35. The number of hydrogen-bond acceptors (Lipinski definition) is 3. The van der Waals surface area contributed by atoms with Crippen molar-refractivity contribution in [3.63, 3.8) is 0 Å². The lowest BCUT2D eigenvalue weighted by Gasteiger charge is -2.50. The van der Waals surface area contributed by atoms with E-state index >= 15 is 0 Å². The zero-order chi connectivity index (χ0) is 16.2. The molecule has 0 amide bonds. The third-order valence-corrected chi connectivity index (χ3v) is 7.02. The van der Waals surface area contributed by atoms with Crippen LogP contribution in [-0.2, 0) is 6.42 Å². The molecule has 0 saturated heterocycles. The fourth-order valence-corrected chi connectivity index (χ4v) is 5.82. The number of aromatic hydroxyl groups is 1. The van der Waals surface area contributed by atoms with Crippen molar-refractivity contribution in [2.45, 2.75) is 57.5 Å². The Morgan fingerprint density at radius 1 is 1.17 bits per heavy atom. The van der Waals surface area contributed by atoms with Gasteiger partial charge in [0.25, 0.3) is 0 Å². The molecule has 3 aliphatic carbocycles. The number of phenols is 1. The summed E-state index contributed by atoms with van der Waals surface area (Å²) < 4.78 is 0. The molecule has 0 radical (unpaired) electrons. The number of benzene rings is 1. The maximum absolute atomic E-state index is 10.4. The van der Waals surface area contributed by atoms with Gasteiger partial charge in [-0.1, -0.05) is 13.0 Å². The molecule has 0 spiro atoms. The lowest BCUT2D eigenvalue weighted by molar-refractivity contribution is -0.0226. The Hall–Kier alpha value is -1.66. The monoisotopic (exact) mass is 312 g/mol. The molecule has 2 saturated carbocycles. The van der Waals surface area contributed by atoms with E-state index in [2.05, 4.69) is 18.9 Å². The maximum Gasteiger partial charge on any atom is 0.131 e. The standard InChI is InChI=1S/C20H24O3/c1-20-10-8-14-12-4-6-18(22)16(9-11-21)13(12)2-3-15(14)17(20)5-7-19(20)23/h4,6,14-15,17,19,21-23H,2-3,5,7-8,10H2,1H3/t14-,15-,17+,19+,20+/m1/s1. The maximum atomic E-state index is 10.4. The second-order valence-corrected chi connectivity index (χ2v) is 7.82. The Morgan fingerprint density at radius 3 is 2.78 bits per heavy atom. The van der Waals surface area contributed by atoms with Crippen molar-refractivity contribution >= 4 is 0 Å². The Balaban J connectivity index is 1.75. The van der Waals surface area contributed by atoms with Gasteiger partial charge < -0.3 is 15.3 Å². The molecule has 0 aliphatic heterocycles. The smallest absolute Gasteiger partial charge is 0.131 e. The number of aliphatic hydroxyl groups excluding tert-OH is 2. The summed E-state index contributed by atoms with van der Waals surface area (Å²) in [6.45, 7) is 2.28. The van der Waals surface area contributed by atoms with Gasteiger partial charge in [0.1, 0.15) is 11.9 Å². The zero-order valence-electron chi connectivity index (χ0n) is 13.5. The Bertz CT molecular complexity index is 699. The predicted octanol–water partition coefficient (Wildman–Crippen LogP) is 3.29. The topological polar surface area (TPSA) is 60.7 Å². The van der Waals surface area contributed by atoms with Gasteiger partial charge in [-0.15, -0.1) is 0 Å². The van der Waals surface area contributed by atoms with Gasteiger partial charge in [0.2, 0.25) is 0 Å². The average Bonchev–Trinajstić information content (AvgIpc) is 2.85. The number of phenolic OH excluding ortho intramolecular Hbond substituents is 1. The van der Waals surface area contributed by atoms with Crippen LogP contribution in [0.1, 0.15) is 61.6 Å². The molecular formula is C20H24O3. The van der Waals surface area contributed by atoms with E-state index < -0.39 is 0 Å². The highest BCUT2D eigenvalue weighted by molar-refractivity contribution is 5.55. The average molecular weight is 312 g/mol. The highest BCUT2D eigenvalue weighted by atomic mass is 16.3. The van der Waals surface area contributed by atoms with Gasteiger partial charge in [0.15, 0.2) is 0 Å². The number of fused-ring (bicyclic) bond motifs is 5. The number of hydrogen-bond donors (Lipinski definition) is 3. The number of aliphatic hydroxyl groups is 2. The molecule has 122 valence electrons. The van der Waals surface area contributed by atoms with Gasteiger partial charge in [-0.05, 0) is 84.8 Å². The van der Waals surface area contributed by atoms with Crippen molar-refractivity contribution < 1.29 is 15.3 Å². The van der Waals surface area contributed by atoms with Crippen LogP contribution in [0.5, 0.6) is 5.75 Å². The SMILES string of the molecule is C[C@]12CC[C@@H]3c4ccc(O)c(C#CO)c4CC[C@H]3[C@@H]1CC[C@@H]2O. The number of rotatable bonds is 0. The molecular weight excluding hydrogens is 288 g/mol. The molecule has 3 N–H and O–H groups in total. The van der Waals surface area contributed by atoms with E-state index in [0.717, 1.165) is 44.1 Å². The summed E-state index contributed by atoms with van der Waals surface area (Å²) >= 11 is 0. The lowest BCUT2D eigenvalue weighted by atomic mass is 9.55. The molecule has 5 atom stereocenters. The van der Waals surface area contributed by atoms with Crippen LogP contribution >= 0.6 is 0 Å². The summed E-state index contributed by atoms with van der Waals surface area (Å²) in [6, 6.07) is 3.77. The van der Waals surface area contributed by atoms with Crippen molar-refractivity contribution in [2.75, 3.05) is 0 Å². The fourth-order valence-electron chi connectivity index (χ4n) is 5.82. The van der Waals surface area contributed by atoms with Crippen molar-refractivity contribution in [2.24, 2.45) is 17.3 Å². The van der Waals surface area contributed by atoms with Gasteiger partial charge in [-0.25, -0.2) is 0 Å². The fraction of sp³-hybridized carbons (Fsp3) is 0.600. The molecule has 1 aromatic rings. The molecule has 3 heteroatoms. The minimum Gasteiger partial charge on any atom is -0.507 e. The van der Waals surface area contributed by atoms with E-state index in [1.807, 2.05) is 6.11 Å². The molecule has 0 unspecified atom stereocenters. The van der Waals surface area contributed by atoms with Crippen LogP contribution < -0.4 is 0 Å². The third kappa shape index (κ3) is 2.01. The van der Waals surface area contributed by atoms with E-state index in [4.69, 9.17) is 5.11 Å². The first-order chi connectivity index (χ1) is 11.1. The van der Waals surface area contributed by atoms with Crippen molar-refractivity contribution in [3.8, 4) is 17.8 Å². The van der Waals surface area contributed by atoms with Crippen LogP contribution in [-0.4, -0.2) is 21.4 Å². The van der Waals surface area contributed by atoms with E-state index in [-0.39, 0.29) is 17.3 Å². The zero-order valence-corrected chi connectivity index (χ0v) is 13.5. The largest absolute Gasteiger partial charge is 0.507 e. The summed E-state index contributed by atoms with van der Waals surface area (Å²) in [5, 5.41) is 29.5. The minimum absolute atomic E-state index is 0.0866. The van der Waals surface area contributed by atoms with Gasteiger partial charge in [0.05, 0.1) is 11.7 Å². The first kappa shape index (κ1) is 14.9. The minimum atomic E-state index is -0.148. The Labute approximate surface area is 137 Å². The van der Waals surface area contributed by atoms with Crippen LogP contribution in [0.15, 0.2) is 12.1 Å². The summed E-state index contributed by atoms with van der Waals surface area (Å²) in [4.78, 5) is 0. The first-order valence-electron chi connectivity index (χ1n) is 8.74. The van der Waals surface area contributed by atoms with Crippen molar-refractivity contribution in [1.29, 1.82) is 0 Å². The highest BCUT2D eigenvalue weighted by Gasteiger charge is 2.54. The summed E-state index contributed by atoms with van der Waals surface area (Å²) in [5.41, 5.74) is 3.11. The lowest BCUT2D eigenvalue weighted by Crippen LogP contribution is -2.44. The second-order valence-electron chi connectivity index (χ2n) is 7.82. The van der Waals surface area contributed by atoms with E-state index in [9.17, 15) is 10.2 Å². The molecule has 3 nitrogen and oxygen atoms in total. The predicted molar refractivity (Wildman–Crippen MR) is 87.5 cm³/mol.